The van der Waals surface area contributed by atoms with Crippen molar-refractivity contribution < 1.29 is 62.6 Å². The number of hydrogen-bond donors (Lipinski definition) is 0. The van der Waals surface area contributed by atoms with Crippen LogP contribution in [0.15, 0.2) is 42.5 Å². The number of fused-ring (bicyclic) bond motifs is 1. The largest absolute Gasteiger partial charge is 0.872 e. The lowest BCUT2D eigenvalue weighted by molar-refractivity contribution is -0.341. The highest BCUT2D eigenvalue weighted by atomic mass is 19.4. The number of halogens is 12. The lowest BCUT2D eigenvalue weighted by atomic mass is 9.74. The van der Waals surface area contributed by atoms with Crippen molar-refractivity contribution in [2.24, 2.45) is 5.41 Å². The highest BCUT2D eigenvalue weighted by molar-refractivity contribution is 6.04. The van der Waals surface area contributed by atoms with Gasteiger partial charge in [0.15, 0.2) is 5.78 Å². The fourth-order valence-corrected chi connectivity index (χ4v) is 3.65. The number of benzene rings is 2. The van der Waals surface area contributed by atoms with Gasteiger partial charge in [0, 0.05) is 5.39 Å². The van der Waals surface area contributed by atoms with Gasteiger partial charge in [-0.05, 0) is 23.1 Å². The van der Waals surface area contributed by atoms with Crippen LogP contribution < -0.4 is 5.11 Å². The summed E-state index contributed by atoms with van der Waals surface area (Å²) >= 11 is 0. The van der Waals surface area contributed by atoms with Gasteiger partial charge in [-0.15, -0.1) is 0 Å². The van der Waals surface area contributed by atoms with Gasteiger partial charge in [-0.1, -0.05) is 36.1 Å². The first-order chi connectivity index (χ1) is 14.8. The van der Waals surface area contributed by atoms with E-state index in [1.165, 1.54) is 6.07 Å². The van der Waals surface area contributed by atoms with Crippen molar-refractivity contribution in [2.75, 3.05) is 0 Å². The third kappa shape index (κ3) is 2.69. The van der Waals surface area contributed by atoms with Crippen LogP contribution in [0.5, 0.6) is 0 Å². The van der Waals surface area contributed by atoms with Crippen LogP contribution in [0.4, 0.5) is 52.7 Å². The predicted molar refractivity (Wildman–Crippen MR) is 85.2 cm³/mol. The highest BCUT2D eigenvalue weighted by Crippen LogP contribution is 2.75. The van der Waals surface area contributed by atoms with Crippen LogP contribution in [0.25, 0.3) is 16.5 Å². The van der Waals surface area contributed by atoms with Gasteiger partial charge >= 0.3 is 29.9 Å². The first-order valence-electron chi connectivity index (χ1n) is 8.49. The smallest absolute Gasteiger partial charge is 0.414 e. The average molecular weight is 495 g/mol. The molecule has 1 aliphatic carbocycles. The Morgan fingerprint density at radius 3 is 1.67 bits per heavy atom. The zero-order chi connectivity index (χ0) is 25.4. The molecule has 0 radical (unpaired) electrons. The Kier molecular flexibility index (Phi) is 5.09. The Bertz CT molecular complexity index is 1140. The topological polar surface area (TPSA) is 40.1 Å². The molecular weight excluding hydrogens is 488 g/mol. The molecule has 0 aromatic heterocycles. The zero-order valence-electron chi connectivity index (χ0n) is 15.4. The molecule has 0 spiro atoms. The molecule has 3 rings (SSSR count). The fourth-order valence-electron chi connectivity index (χ4n) is 3.65. The van der Waals surface area contributed by atoms with E-state index in [0.29, 0.717) is 12.1 Å². The number of rotatable bonds is 3. The molecule has 0 N–H and O–H groups in total. The quantitative estimate of drug-likeness (QED) is 0.327. The number of allylic oxidation sites excluding steroid dienone is 1. The van der Waals surface area contributed by atoms with E-state index in [2.05, 4.69) is 0 Å². The summed E-state index contributed by atoms with van der Waals surface area (Å²) in [6.07, 6.45) is -8.42. The summed E-state index contributed by atoms with van der Waals surface area (Å²) in [7, 11) is 0. The van der Waals surface area contributed by atoms with Crippen molar-refractivity contribution in [1.29, 1.82) is 0 Å². The molecule has 33 heavy (non-hydrogen) atoms. The van der Waals surface area contributed by atoms with E-state index in [4.69, 9.17) is 0 Å². The van der Waals surface area contributed by atoms with Crippen molar-refractivity contribution >= 4 is 22.3 Å². The van der Waals surface area contributed by atoms with E-state index in [0.717, 1.165) is 18.2 Å². The third-order valence-electron chi connectivity index (χ3n) is 5.32. The maximum absolute atomic E-state index is 14.1. The molecule has 0 unspecified atom stereocenters. The molecule has 0 heterocycles. The second-order valence-electron chi connectivity index (χ2n) is 7.06. The van der Waals surface area contributed by atoms with E-state index in [1.807, 2.05) is 0 Å². The van der Waals surface area contributed by atoms with Crippen LogP contribution in [0, 0.1) is 11.2 Å². The van der Waals surface area contributed by atoms with E-state index in [1.54, 1.807) is 0 Å². The SMILES string of the molecule is O=C(/C=C(\[O-])c1ccc(F)c2ccccc12)C1(C(F)(F)F)C(F)(F)C(F)(F)C(F)(F)C1(F)F. The van der Waals surface area contributed by atoms with Crippen LogP contribution in [-0.2, 0) is 4.79 Å². The second kappa shape index (κ2) is 6.79. The molecule has 0 aliphatic heterocycles. The Balaban J connectivity index is 2.32. The zero-order valence-corrected chi connectivity index (χ0v) is 15.4. The lowest BCUT2D eigenvalue weighted by Gasteiger charge is -2.37. The summed E-state index contributed by atoms with van der Waals surface area (Å²) in [5.74, 6) is -36.1. The van der Waals surface area contributed by atoms with Gasteiger partial charge in [-0.3, -0.25) is 4.79 Å². The van der Waals surface area contributed by atoms with Crippen LogP contribution in [0.1, 0.15) is 5.56 Å². The van der Waals surface area contributed by atoms with Crippen molar-refractivity contribution in [3.05, 3.63) is 53.9 Å². The molecule has 0 atom stereocenters. The van der Waals surface area contributed by atoms with Gasteiger partial charge in [-0.2, -0.15) is 48.3 Å². The summed E-state index contributed by atoms with van der Waals surface area (Å²) in [4.78, 5) is 12.1. The summed E-state index contributed by atoms with van der Waals surface area (Å²) < 4.78 is 165. The molecule has 1 fully saturated rings. The summed E-state index contributed by atoms with van der Waals surface area (Å²) in [5, 5.41) is 11.5. The molecule has 1 saturated carbocycles. The van der Waals surface area contributed by atoms with Crippen molar-refractivity contribution in [3.8, 4) is 0 Å². The minimum Gasteiger partial charge on any atom is -0.872 e. The summed E-state index contributed by atoms with van der Waals surface area (Å²) in [6, 6.07) is 5.51. The van der Waals surface area contributed by atoms with Gasteiger partial charge in [0.2, 0.25) is 0 Å². The van der Waals surface area contributed by atoms with Gasteiger partial charge in [-0.25, -0.2) is 4.39 Å². The lowest BCUT2D eigenvalue weighted by Crippen LogP contribution is -2.64. The first kappa shape index (κ1) is 24.7. The van der Waals surface area contributed by atoms with E-state index < -0.39 is 69.7 Å². The highest BCUT2D eigenvalue weighted by Gasteiger charge is 3.06. The van der Waals surface area contributed by atoms with Crippen LogP contribution in [0.3, 0.4) is 0 Å². The minimum atomic E-state index is -7.37. The molecular formula is C19H7F12O2-. The van der Waals surface area contributed by atoms with E-state index in [9.17, 15) is 62.6 Å². The Hall–Kier alpha value is -2.93. The number of hydrogen-bond acceptors (Lipinski definition) is 2. The maximum atomic E-state index is 14.1. The second-order valence-corrected chi connectivity index (χ2v) is 7.06. The Morgan fingerprint density at radius 2 is 1.21 bits per heavy atom. The van der Waals surface area contributed by atoms with Gasteiger partial charge in [0.05, 0.1) is 0 Å². The molecule has 14 heteroatoms. The van der Waals surface area contributed by atoms with Crippen LogP contribution in [0.2, 0.25) is 0 Å². The number of alkyl halides is 11. The van der Waals surface area contributed by atoms with Gasteiger partial charge < -0.3 is 5.11 Å². The number of ketones is 1. The minimum absolute atomic E-state index is 0.371. The van der Waals surface area contributed by atoms with Gasteiger partial charge in [0.1, 0.15) is 5.82 Å². The number of carbonyl (C=O) groups is 1. The number of carbonyl (C=O) groups excluding carboxylic acids is 1. The standard InChI is InChI=1S/C19H8F12O2/c20-11-6-5-10(8-3-1-2-4-9(8)11)12(32)7-13(33)14(19(29,30)31)15(21,22)17(25,26)18(27,28)16(14,23)24/h1-7,32H/p-1/b12-7-. The Morgan fingerprint density at radius 1 is 0.758 bits per heavy atom. The molecule has 1 aliphatic rings. The van der Waals surface area contributed by atoms with Gasteiger partial charge in [0.25, 0.3) is 5.41 Å². The maximum Gasteiger partial charge on any atom is 0.414 e. The summed E-state index contributed by atoms with van der Waals surface area (Å²) in [6.45, 7) is 0. The predicted octanol–water partition coefficient (Wildman–Crippen LogP) is 5.35. The first-order valence-corrected chi connectivity index (χ1v) is 8.49. The van der Waals surface area contributed by atoms with Crippen molar-refractivity contribution in [2.45, 2.75) is 29.9 Å². The van der Waals surface area contributed by atoms with E-state index >= 15 is 0 Å². The molecule has 0 saturated heterocycles. The molecule has 180 valence electrons. The average Bonchev–Trinajstić information content (AvgIpc) is 2.72. The monoisotopic (exact) mass is 495 g/mol. The molecule has 2 aromatic rings. The normalized spacial score (nSPS) is 23.0. The Labute approximate surface area is 175 Å². The molecule has 0 amide bonds. The molecule has 2 nitrogen and oxygen atoms in total. The van der Waals surface area contributed by atoms with E-state index in [-0.39, 0.29) is 5.39 Å². The fraction of sp³-hybridized carbons (Fsp3) is 0.316. The molecule has 2 aromatic carbocycles. The summed E-state index contributed by atoms with van der Waals surface area (Å²) in [5.41, 5.74) is -7.85. The van der Waals surface area contributed by atoms with Crippen molar-refractivity contribution in [3.63, 3.8) is 0 Å². The molecule has 0 bridgehead atoms. The van der Waals surface area contributed by atoms with Crippen LogP contribution in [-0.4, -0.2) is 35.6 Å². The van der Waals surface area contributed by atoms with Crippen molar-refractivity contribution in [1.82, 2.24) is 0 Å². The van der Waals surface area contributed by atoms with Crippen LogP contribution >= 0.6 is 0 Å². The third-order valence-corrected chi connectivity index (χ3v) is 5.32.